The van der Waals surface area contributed by atoms with Crippen molar-refractivity contribution < 1.29 is 47.7 Å². The molecule has 13 heteroatoms. The van der Waals surface area contributed by atoms with Crippen molar-refractivity contribution in [2.45, 2.75) is 112 Å². The Labute approximate surface area is 287 Å². The van der Waals surface area contributed by atoms with Gasteiger partial charge in [-0.2, -0.15) is 0 Å². The van der Waals surface area contributed by atoms with Crippen LogP contribution in [0.5, 0.6) is 17.2 Å². The van der Waals surface area contributed by atoms with Gasteiger partial charge in [0, 0.05) is 23.6 Å². The van der Waals surface area contributed by atoms with Gasteiger partial charge in [-0.3, -0.25) is 24.0 Å². The average molecular weight is 682 g/mol. The number of ether oxygens (including phenoxy) is 4. The van der Waals surface area contributed by atoms with E-state index in [0.717, 1.165) is 0 Å². The number of amides is 4. The number of cyclic esters (lactones) is 1. The van der Waals surface area contributed by atoms with E-state index in [1.807, 2.05) is 20.8 Å². The average Bonchev–Trinajstić information content (AvgIpc) is 3.15. The number of benzene rings is 2. The molecule has 266 valence electrons. The van der Waals surface area contributed by atoms with E-state index >= 15 is 0 Å². The number of rotatable bonds is 11. The Balaban J connectivity index is 1.90. The quantitative estimate of drug-likeness (QED) is 0.169. The second-order valence-corrected chi connectivity index (χ2v) is 14.7. The zero-order valence-electron chi connectivity index (χ0n) is 30.2. The molecule has 4 amide bonds. The van der Waals surface area contributed by atoms with E-state index in [-0.39, 0.29) is 23.2 Å². The van der Waals surface area contributed by atoms with Crippen molar-refractivity contribution in [2.24, 2.45) is 5.41 Å². The van der Waals surface area contributed by atoms with E-state index in [0.29, 0.717) is 22.0 Å². The van der Waals surface area contributed by atoms with Crippen molar-refractivity contribution in [3.63, 3.8) is 0 Å². The summed E-state index contributed by atoms with van der Waals surface area (Å²) in [4.78, 5) is 78.7. The number of carbonyl (C=O) groups is 6. The van der Waals surface area contributed by atoms with Crippen LogP contribution in [0.25, 0.3) is 0 Å². The van der Waals surface area contributed by atoms with E-state index in [1.165, 1.54) is 32.9 Å². The van der Waals surface area contributed by atoms with E-state index in [2.05, 4.69) is 10.6 Å². The molecule has 0 radical (unpaired) electrons. The molecule has 2 atom stereocenters. The minimum Gasteiger partial charge on any atom is -0.489 e. The second-order valence-electron chi connectivity index (χ2n) is 14.7. The lowest BCUT2D eigenvalue weighted by atomic mass is 9.85. The van der Waals surface area contributed by atoms with Crippen molar-refractivity contribution in [1.82, 2.24) is 4.90 Å². The topological polar surface area (TPSA) is 167 Å². The lowest BCUT2D eigenvalue weighted by Gasteiger charge is -2.29. The SMILES string of the molecule is CC(=O)Oc1ccc(OC(C)C(=O)Nc2ccc(OC(C)C)c(NC(=O)C(C(=O)C(C)(C)C)N3C(=O)OC(C)(C)C3=O)c2)cc1C(C)(C)C. The predicted molar refractivity (Wildman–Crippen MR) is 182 cm³/mol. The van der Waals surface area contributed by atoms with Gasteiger partial charge in [0.1, 0.15) is 17.2 Å². The standard InChI is InChI=1S/C36H47N3O10/c1-19(2)46-27-15-13-22(37-30(42)20(3)47-23-14-16-26(48-21(4)40)24(18-23)34(5,6)7)17-25(27)38-31(43)28(29(41)35(8,9)10)39-32(44)36(11,12)49-33(39)45/h13-20,28H,1-12H3,(H,37,42)(H,38,43). The Morgan fingerprint density at radius 3 is 1.96 bits per heavy atom. The van der Waals surface area contributed by atoms with Crippen LogP contribution in [0.3, 0.4) is 0 Å². The summed E-state index contributed by atoms with van der Waals surface area (Å²) in [6, 6.07) is 7.60. The molecule has 2 aromatic carbocycles. The third kappa shape index (κ3) is 9.36. The van der Waals surface area contributed by atoms with Crippen LogP contribution in [0.2, 0.25) is 0 Å². The zero-order valence-corrected chi connectivity index (χ0v) is 30.2. The number of anilines is 2. The maximum absolute atomic E-state index is 13.8. The molecule has 0 aliphatic carbocycles. The fourth-order valence-corrected chi connectivity index (χ4v) is 4.85. The Morgan fingerprint density at radius 2 is 1.45 bits per heavy atom. The van der Waals surface area contributed by atoms with Gasteiger partial charge in [0.2, 0.25) is 0 Å². The van der Waals surface area contributed by atoms with Gasteiger partial charge in [-0.15, -0.1) is 0 Å². The molecule has 1 aliphatic heterocycles. The van der Waals surface area contributed by atoms with Gasteiger partial charge in [0.15, 0.2) is 23.5 Å². The highest BCUT2D eigenvalue weighted by Crippen LogP contribution is 2.36. The van der Waals surface area contributed by atoms with Crippen LogP contribution in [-0.2, 0) is 34.1 Å². The highest BCUT2D eigenvalue weighted by Gasteiger charge is 2.55. The summed E-state index contributed by atoms with van der Waals surface area (Å²) in [5.41, 5.74) is -2.04. The van der Waals surface area contributed by atoms with Crippen LogP contribution in [0, 0.1) is 5.41 Å². The van der Waals surface area contributed by atoms with Crippen molar-refractivity contribution in [2.75, 3.05) is 10.6 Å². The van der Waals surface area contributed by atoms with Crippen LogP contribution >= 0.6 is 0 Å². The number of imide groups is 1. The normalized spacial score (nSPS) is 15.7. The second kappa shape index (κ2) is 14.3. The number of nitrogens with zero attached hydrogens (tertiary/aromatic N) is 1. The van der Waals surface area contributed by atoms with Crippen molar-refractivity contribution in [1.29, 1.82) is 0 Å². The summed E-state index contributed by atoms with van der Waals surface area (Å²) < 4.78 is 22.3. The number of hydrogen-bond acceptors (Lipinski definition) is 10. The van der Waals surface area contributed by atoms with Gasteiger partial charge in [-0.1, -0.05) is 41.5 Å². The number of nitrogens with one attached hydrogen (secondary N) is 2. The summed E-state index contributed by atoms with van der Waals surface area (Å²) in [6.45, 7) is 19.7. The van der Waals surface area contributed by atoms with Crippen LogP contribution in [0.4, 0.5) is 16.2 Å². The van der Waals surface area contributed by atoms with Gasteiger partial charge >= 0.3 is 12.1 Å². The van der Waals surface area contributed by atoms with Gasteiger partial charge in [0.25, 0.3) is 17.7 Å². The maximum Gasteiger partial charge on any atom is 0.418 e. The molecule has 1 aliphatic rings. The summed E-state index contributed by atoms with van der Waals surface area (Å²) >= 11 is 0. The molecule has 0 aromatic heterocycles. The van der Waals surface area contributed by atoms with Crippen LogP contribution in [0.1, 0.15) is 88.6 Å². The van der Waals surface area contributed by atoms with E-state index in [1.54, 1.807) is 65.8 Å². The number of Topliss-reactive ketones (excluding diaryl/α,β-unsaturated/α-hetero) is 1. The smallest absolute Gasteiger partial charge is 0.418 e. The Bertz CT molecular complexity index is 1650. The summed E-state index contributed by atoms with van der Waals surface area (Å²) in [7, 11) is 0. The molecular weight excluding hydrogens is 634 g/mol. The molecule has 13 nitrogen and oxygen atoms in total. The van der Waals surface area contributed by atoms with Crippen LogP contribution in [0.15, 0.2) is 36.4 Å². The number of hydrogen-bond donors (Lipinski definition) is 2. The minimum atomic E-state index is -1.84. The van der Waals surface area contributed by atoms with Gasteiger partial charge in [0.05, 0.1) is 11.8 Å². The third-order valence-corrected chi connectivity index (χ3v) is 7.33. The maximum atomic E-state index is 13.8. The molecule has 1 heterocycles. The Kier molecular flexibility index (Phi) is 11.2. The fourth-order valence-electron chi connectivity index (χ4n) is 4.85. The molecule has 0 saturated carbocycles. The first-order valence-electron chi connectivity index (χ1n) is 16.0. The number of carbonyl (C=O) groups excluding carboxylic acids is 6. The highest BCUT2D eigenvalue weighted by atomic mass is 16.6. The van der Waals surface area contributed by atoms with E-state index in [9.17, 15) is 28.8 Å². The molecule has 49 heavy (non-hydrogen) atoms. The predicted octanol–water partition coefficient (Wildman–Crippen LogP) is 5.78. The molecule has 2 unspecified atom stereocenters. The van der Waals surface area contributed by atoms with Gasteiger partial charge < -0.3 is 29.6 Å². The molecular formula is C36H47N3O10. The van der Waals surface area contributed by atoms with Crippen molar-refractivity contribution in [3.8, 4) is 17.2 Å². The molecule has 2 N–H and O–H groups in total. The summed E-state index contributed by atoms with van der Waals surface area (Å²) in [6.07, 6.45) is -2.42. The third-order valence-electron chi connectivity index (χ3n) is 7.33. The number of esters is 1. The lowest BCUT2D eigenvalue weighted by Crippen LogP contribution is -2.55. The first kappa shape index (κ1) is 38.5. The summed E-state index contributed by atoms with van der Waals surface area (Å²) in [5, 5.41) is 5.38. The van der Waals surface area contributed by atoms with Crippen LogP contribution in [-0.4, -0.2) is 64.3 Å². The molecule has 1 fully saturated rings. The lowest BCUT2D eigenvalue weighted by molar-refractivity contribution is -0.145. The molecule has 0 bridgehead atoms. The summed E-state index contributed by atoms with van der Waals surface area (Å²) in [5.74, 6) is -2.49. The van der Waals surface area contributed by atoms with E-state index in [4.69, 9.17) is 18.9 Å². The Morgan fingerprint density at radius 1 is 0.837 bits per heavy atom. The monoisotopic (exact) mass is 681 g/mol. The number of ketones is 1. The Hall–Kier alpha value is -4.94. The largest absolute Gasteiger partial charge is 0.489 e. The molecule has 0 spiro atoms. The van der Waals surface area contributed by atoms with Crippen molar-refractivity contribution >= 4 is 46.9 Å². The van der Waals surface area contributed by atoms with E-state index < -0.39 is 64.1 Å². The minimum absolute atomic E-state index is 0.0759. The molecule has 1 saturated heterocycles. The van der Waals surface area contributed by atoms with Crippen molar-refractivity contribution in [3.05, 3.63) is 42.0 Å². The van der Waals surface area contributed by atoms with Gasteiger partial charge in [-0.25, -0.2) is 9.69 Å². The van der Waals surface area contributed by atoms with Gasteiger partial charge in [-0.05, 0) is 76.4 Å². The highest BCUT2D eigenvalue weighted by molar-refractivity contribution is 6.19. The first-order chi connectivity index (χ1) is 22.4. The molecule has 3 rings (SSSR count). The first-order valence-corrected chi connectivity index (χ1v) is 16.0. The zero-order chi connectivity index (χ0) is 37.2. The molecule has 2 aromatic rings. The van der Waals surface area contributed by atoms with Crippen LogP contribution < -0.4 is 24.8 Å². The fraction of sp³-hybridized carbons (Fsp3) is 0.500.